The molecule has 4 heteroatoms. The third kappa shape index (κ3) is 2.64. The number of benzene rings is 2. The lowest BCUT2D eigenvalue weighted by Crippen LogP contribution is -2.28. The van der Waals surface area contributed by atoms with Crippen molar-refractivity contribution >= 4 is 11.6 Å². The highest BCUT2D eigenvalue weighted by atomic mass is 35.5. The maximum absolute atomic E-state index is 6.01. The summed E-state index contributed by atoms with van der Waals surface area (Å²) < 4.78 is 5.22. The topological polar surface area (TPSA) is 47.3 Å². The molecule has 0 aliphatic carbocycles. The lowest BCUT2D eigenvalue weighted by atomic mass is 9.99. The van der Waals surface area contributed by atoms with Crippen molar-refractivity contribution in [3.63, 3.8) is 0 Å². The van der Waals surface area contributed by atoms with Crippen LogP contribution in [0.15, 0.2) is 48.5 Å². The quantitative estimate of drug-likeness (QED) is 0.658. The highest BCUT2D eigenvalue weighted by molar-refractivity contribution is 6.32. The van der Waals surface area contributed by atoms with E-state index >= 15 is 0 Å². The number of ether oxygens (including phenoxy) is 1. The summed E-state index contributed by atoms with van der Waals surface area (Å²) in [6.07, 6.45) is 0. The second kappa shape index (κ2) is 5.87. The largest absolute Gasteiger partial charge is 0.495 e. The molecule has 0 aliphatic heterocycles. The zero-order valence-corrected chi connectivity index (χ0v) is 10.8. The maximum Gasteiger partial charge on any atom is 0.137 e. The van der Waals surface area contributed by atoms with Crippen molar-refractivity contribution < 1.29 is 4.74 Å². The number of hydrazine groups is 1. The van der Waals surface area contributed by atoms with E-state index in [-0.39, 0.29) is 6.04 Å². The zero-order valence-electron chi connectivity index (χ0n) is 10.1. The molecule has 2 aromatic carbocycles. The predicted molar refractivity (Wildman–Crippen MR) is 73.6 cm³/mol. The lowest BCUT2D eigenvalue weighted by molar-refractivity contribution is 0.414. The van der Waals surface area contributed by atoms with Gasteiger partial charge in [-0.25, -0.2) is 5.43 Å². The van der Waals surface area contributed by atoms with E-state index < -0.39 is 0 Å². The van der Waals surface area contributed by atoms with Gasteiger partial charge < -0.3 is 4.74 Å². The maximum atomic E-state index is 6.01. The zero-order chi connectivity index (χ0) is 13.0. The Morgan fingerprint density at radius 1 is 1.11 bits per heavy atom. The molecule has 0 heterocycles. The van der Waals surface area contributed by atoms with Gasteiger partial charge in [0.1, 0.15) is 5.75 Å². The molecule has 0 aliphatic rings. The van der Waals surface area contributed by atoms with Crippen LogP contribution in [0, 0.1) is 0 Å². The molecular formula is C14H15ClN2O. The van der Waals surface area contributed by atoms with Crippen molar-refractivity contribution in [2.24, 2.45) is 5.84 Å². The van der Waals surface area contributed by atoms with Gasteiger partial charge in [0.15, 0.2) is 0 Å². The Morgan fingerprint density at radius 3 is 2.44 bits per heavy atom. The first kappa shape index (κ1) is 12.9. The van der Waals surface area contributed by atoms with Crippen LogP contribution in [-0.4, -0.2) is 7.11 Å². The fraction of sp³-hybridized carbons (Fsp3) is 0.143. The Kier molecular flexibility index (Phi) is 4.20. The van der Waals surface area contributed by atoms with Crippen molar-refractivity contribution in [1.29, 1.82) is 0 Å². The molecule has 3 nitrogen and oxygen atoms in total. The third-order valence-electron chi connectivity index (χ3n) is 2.81. The number of methoxy groups -OCH3 is 1. The molecule has 0 radical (unpaired) electrons. The molecule has 0 aromatic heterocycles. The van der Waals surface area contributed by atoms with E-state index in [1.165, 1.54) is 0 Å². The first-order valence-electron chi connectivity index (χ1n) is 5.60. The number of rotatable bonds is 4. The Labute approximate surface area is 111 Å². The first-order chi connectivity index (χ1) is 8.76. The van der Waals surface area contributed by atoms with Gasteiger partial charge in [0.05, 0.1) is 18.2 Å². The minimum Gasteiger partial charge on any atom is -0.495 e. The van der Waals surface area contributed by atoms with Gasteiger partial charge in [-0.1, -0.05) is 48.0 Å². The molecule has 3 N–H and O–H groups in total. The van der Waals surface area contributed by atoms with E-state index in [9.17, 15) is 0 Å². The van der Waals surface area contributed by atoms with E-state index in [0.717, 1.165) is 11.1 Å². The van der Waals surface area contributed by atoms with E-state index in [0.29, 0.717) is 10.8 Å². The van der Waals surface area contributed by atoms with Gasteiger partial charge in [-0.3, -0.25) is 5.84 Å². The minimum atomic E-state index is -0.0858. The number of hydrogen-bond acceptors (Lipinski definition) is 3. The average molecular weight is 263 g/mol. The van der Waals surface area contributed by atoms with Crippen LogP contribution >= 0.6 is 11.6 Å². The summed E-state index contributed by atoms with van der Waals surface area (Å²) in [4.78, 5) is 0. The van der Waals surface area contributed by atoms with E-state index in [4.69, 9.17) is 22.2 Å². The summed E-state index contributed by atoms with van der Waals surface area (Å²) in [5, 5.41) is 0.588. The Morgan fingerprint density at radius 2 is 1.83 bits per heavy atom. The van der Waals surface area contributed by atoms with Crippen LogP contribution in [0.3, 0.4) is 0 Å². The Balaban J connectivity index is 2.39. The Hall–Kier alpha value is -1.55. The molecule has 0 fully saturated rings. The first-order valence-corrected chi connectivity index (χ1v) is 5.98. The van der Waals surface area contributed by atoms with Crippen molar-refractivity contribution in [3.8, 4) is 5.75 Å². The number of nitrogens with one attached hydrogen (secondary N) is 1. The molecule has 0 bridgehead atoms. The molecule has 18 heavy (non-hydrogen) atoms. The third-order valence-corrected chi connectivity index (χ3v) is 3.12. The molecule has 94 valence electrons. The van der Waals surface area contributed by atoms with E-state index in [1.807, 2.05) is 48.5 Å². The molecule has 0 saturated heterocycles. The minimum absolute atomic E-state index is 0.0858. The number of nitrogens with two attached hydrogens (primary N) is 1. The van der Waals surface area contributed by atoms with Crippen LogP contribution in [-0.2, 0) is 0 Å². The molecule has 2 rings (SSSR count). The fourth-order valence-corrected chi connectivity index (χ4v) is 2.08. The van der Waals surface area contributed by atoms with Crippen LogP contribution < -0.4 is 16.0 Å². The van der Waals surface area contributed by atoms with Crippen LogP contribution in [0.1, 0.15) is 17.2 Å². The van der Waals surface area contributed by atoms with Crippen molar-refractivity contribution in [3.05, 3.63) is 64.7 Å². The summed E-state index contributed by atoms with van der Waals surface area (Å²) in [5.41, 5.74) is 4.90. The second-order valence-corrected chi connectivity index (χ2v) is 4.31. The van der Waals surface area contributed by atoms with E-state index in [1.54, 1.807) is 7.11 Å². The smallest absolute Gasteiger partial charge is 0.137 e. The van der Waals surface area contributed by atoms with E-state index in [2.05, 4.69) is 5.43 Å². The Bertz CT molecular complexity index is 516. The van der Waals surface area contributed by atoms with Gasteiger partial charge in [0.25, 0.3) is 0 Å². The highest BCUT2D eigenvalue weighted by Crippen LogP contribution is 2.30. The van der Waals surface area contributed by atoms with Crippen molar-refractivity contribution in [1.82, 2.24) is 5.43 Å². The van der Waals surface area contributed by atoms with Gasteiger partial charge >= 0.3 is 0 Å². The summed E-state index contributed by atoms with van der Waals surface area (Å²) in [6, 6.07) is 15.5. The van der Waals surface area contributed by atoms with Crippen molar-refractivity contribution in [2.45, 2.75) is 6.04 Å². The average Bonchev–Trinajstić information content (AvgIpc) is 2.42. The monoisotopic (exact) mass is 262 g/mol. The highest BCUT2D eigenvalue weighted by Gasteiger charge is 2.13. The standard InChI is InChI=1S/C14H15ClN2O/c1-18-13-9-11(7-8-12(13)15)14(17-16)10-5-3-2-4-6-10/h2-9,14,17H,16H2,1H3. The predicted octanol–water partition coefficient (Wildman–Crippen LogP) is 2.90. The fourth-order valence-electron chi connectivity index (χ4n) is 1.89. The second-order valence-electron chi connectivity index (χ2n) is 3.90. The SMILES string of the molecule is COc1cc(C(NN)c2ccccc2)ccc1Cl. The van der Waals surface area contributed by atoms with Gasteiger partial charge in [0, 0.05) is 0 Å². The lowest BCUT2D eigenvalue weighted by Gasteiger charge is -2.18. The van der Waals surface area contributed by atoms with Gasteiger partial charge in [-0.2, -0.15) is 0 Å². The molecule has 0 amide bonds. The van der Waals surface area contributed by atoms with Crippen LogP contribution in [0.4, 0.5) is 0 Å². The number of hydrogen-bond donors (Lipinski definition) is 2. The molecule has 1 atom stereocenters. The normalized spacial score (nSPS) is 12.2. The number of halogens is 1. The molecule has 1 unspecified atom stereocenters. The van der Waals surface area contributed by atoms with Crippen LogP contribution in [0.5, 0.6) is 5.75 Å². The van der Waals surface area contributed by atoms with Gasteiger partial charge in [-0.15, -0.1) is 0 Å². The van der Waals surface area contributed by atoms with Crippen LogP contribution in [0.25, 0.3) is 0 Å². The summed E-state index contributed by atoms with van der Waals surface area (Å²) in [6.45, 7) is 0. The summed E-state index contributed by atoms with van der Waals surface area (Å²) in [5.74, 6) is 6.29. The van der Waals surface area contributed by atoms with Crippen LogP contribution in [0.2, 0.25) is 5.02 Å². The molecular weight excluding hydrogens is 248 g/mol. The molecule has 2 aromatic rings. The molecule has 0 spiro atoms. The van der Waals surface area contributed by atoms with Crippen molar-refractivity contribution in [2.75, 3.05) is 7.11 Å². The summed E-state index contributed by atoms with van der Waals surface area (Å²) in [7, 11) is 1.60. The molecule has 0 saturated carbocycles. The van der Waals surface area contributed by atoms with Gasteiger partial charge in [0.2, 0.25) is 0 Å². The summed E-state index contributed by atoms with van der Waals surface area (Å²) >= 11 is 6.01. The van der Waals surface area contributed by atoms with Gasteiger partial charge in [-0.05, 0) is 23.3 Å².